The van der Waals surface area contributed by atoms with Crippen molar-refractivity contribution >= 4 is 20.8 Å². The molecule has 6 rings (SSSR count). The lowest BCUT2D eigenvalue weighted by Crippen LogP contribution is -2.54. The Morgan fingerprint density at radius 1 is 0.719 bits per heavy atom. The summed E-state index contributed by atoms with van der Waals surface area (Å²) in [5.74, 6) is 3.94. The molecule has 4 aliphatic carbocycles. The molecule has 0 bridgehead atoms. The second-order valence-corrected chi connectivity index (χ2v) is 20.2. The third-order valence-electron chi connectivity index (χ3n) is 14.0. The molecule has 0 saturated heterocycles. The third kappa shape index (κ3) is 13.6. The summed E-state index contributed by atoms with van der Waals surface area (Å²) >= 11 is 0. The number of aromatic hydroxyl groups is 2. The first-order valence-electron chi connectivity index (χ1n) is 21.0. The predicted octanol–water partition coefficient (Wildman–Crippen LogP) is 7.88. The van der Waals surface area contributed by atoms with Gasteiger partial charge in [-0.25, -0.2) is 8.37 Å². The predicted molar refractivity (Wildman–Crippen MR) is 223 cm³/mol. The zero-order valence-electron chi connectivity index (χ0n) is 34.5. The van der Waals surface area contributed by atoms with Gasteiger partial charge in [0, 0.05) is 0 Å². The lowest BCUT2D eigenvalue weighted by Gasteiger charge is -2.61. The number of hydrogen-bond acceptors (Lipinski definition) is 10. The van der Waals surface area contributed by atoms with E-state index in [0.29, 0.717) is 72.9 Å². The molecule has 324 valence electrons. The molecule has 0 aromatic heterocycles. The first-order chi connectivity index (χ1) is 26.8. The molecule has 2 aromatic rings. The Morgan fingerprint density at radius 3 is 1.77 bits per heavy atom. The topological polar surface area (TPSA) is 220 Å². The van der Waals surface area contributed by atoms with Crippen molar-refractivity contribution in [3.05, 3.63) is 59.7 Å². The van der Waals surface area contributed by atoms with E-state index in [1.54, 1.807) is 24.3 Å². The van der Waals surface area contributed by atoms with E-state index in [1.165, 1.54) is 11.1 Å². The van der Waals surface area contributed by atoms with Crippen LogP contribution in [0, 0.1) is 52.3 Å². The van der Waals surface area contributed by atoms with Gasteiger partial charge in [-0.3, -0.25) is 9.11 Å². The SMILES string of the molecule is CC(C)CCC[C@@H](COS(=O)(=O)O)[C@H]1CC[C@H]2[C@@H]3CC[C@H]4C[C@H](OS(=O)(=O)O)CC[C@]4(C)[C@H]3CC[C@]12C.NCCc1ccc(O)cc1.NCCc1ccc(O)cc1. The van der Waals surface area contributed by atoms with Crippen LogP contribution in [0.3, 0.4) is 0 Å². The van der Waals surface area contributed by atoms with Crippen LogP contribution in [0.4, 0.5) is 0 Å². The van der Waals surface area contributed by atoms with Crippen molar-refractivity contribution in [2.24, 2.45) is 63.7 Å². The number of nitrogens with two attached hydrogens (primary N) is 2. The maximum absolute atomic E-state index is 11.4. The first-order valence-corrected chi connectivity index (χ1v) is 23.7. The quantitative estimate of drug-likeness (QED) is 0.100. The molecule has 0 aliphatic heterocycles. The number of phenols is 2. The monoisotopic (exact) mass is 838 g/mol. The Balaban J connectivity index is 0.000000291. The van der Waals surface area contributed by atoms with Crippen molar-refractivity contribution in [1.82, 2.24) is 0 Å². The van der Waals surface area contributed by atoms with Crippen molar-refractivity contribution in [1.29, 1.82) is 0 Å². The molecule has 0 radical (unpaired) electrons. The van der Waals surface area contributed by atoms with Gasteiger partial charge in [0.25, 0.3) is 0 Å². The van der Waals surface area contributed by atoms with E-state index in [9.17, 15) is 25.9 Å². The number of hydrogen-bond donors (Lipinski definition) is 6. The molecule has 8 N–H and O–H groups in total. The van der Waals surface area contributed by atoms with E-state index >= 15 is 0 Å². The molecule has 9 atom stereocenters. The van der Waals surface area contributed by atoms with Crippen molar-refractivity contribution in [2.75, 3.05) is 19.7 Å². The fourth-order valence-corrected chi connectivity index (χ4v) is 12.2. The van der Waals surface area contributed by atoms with Crippen LogP contribution < -0.4 is 11.5 Å². The van der Waals surface area contributed by atoms with Crippen LogP contribution in [-0.2, 0) is 42.0 Å². The van der Waals surface area contributed by atoms with Gasteiger partial charge in [-0.05, 0) is 178 Å². The lowest BCUT2D eigenvalue weighted by atomic mass is 9.44. The fraction of sp³-hybridized carbons (Fsp3) is 0.721. The van der Waals surface area contributed by atoms with Gasteiger partial charge in [0.15, 0.2) is 0 Å². The Kier molecular flexibility index (Phi) is 17.3. The van der Waals surface area contributed by atoms with E-state index in [0.717, 1.165) is 77.0 Å². The molecule has 0 amide bonds. The minimum Gasteiger partial charge on any atom is -0.508 e. The third-order valence-corrected chi connectivity index (χ3v) is 15.0. The van der Waals surface area contributed by atoms with Crippen LogP contribution in [-0.4, -0.2) is 62.0 Å². The molecular weight excluding hydrogens is 769 g/mol. The minimum atomic E-state index is -4.46. The summed E-state index contributed by atoms with van der Waals surface area (Å²) in [6.45, 7) is 10.6. The van der Waals surface area contributed by atoms with Crippen LogP contribution >= 0.6 is 0 Å². The van der Waals surface area contributed by atoms with Gasteiger partial charge in [0.2, 0.25) is 0 Å². The summed E-state index contributed by atoms with van der Waals surface area (Å²) in [6.07, 6.45) is 13.3. The highest BCUT2D eigenvalue weighted by Gasteiger charge is 2.61. The molecule has 12 nitrogen and oxygen atoms in total. The molecule has 14 heteroatoms. The smallest absolute Gasteiger partial charge is 0.397 e. The van der Waals surface area contributed by atoms with E-state index in [2.05, 4.69) is 27.7 Å². The van der Waals surface area contributed by atoms with Crippen LogP contribution in [0.25, 0.3) is 0 Å². The van der Waals surface area contributed by atoms with Gasteiger partial charge in [0.05, 0.1) is 12.7 Å². The molecule has 4 fully saturated rings. The van der Waals surface area contributed by atoms with Gasteiger partial charge >= 0.3 is 20.8 Å². The standard InChI is InChI=1S/C27H48O8S2.2C8H11NO/c1-18(2)6-5-7-19(17-34-36(28,29)30)23-10-11-24-22-9-8-20-16-21(35-37(31,32)33)12-14-26(20,3)25(22)13-15-27(23,24)4;2*9-6-5-7-1-3-8(10)4-2-7/h18-25H,5-17H2,1-4H3,(H,28,29,30)(H,31,32,33);2*1-4,10H,5-6,9H2/t19-,20-,21+,22-,23+,24-,25-,26-,27+;;/m0../s1. The van der Waals surface area contributed by atoms with Gasteiger partial charge in [-0.15, -0.1) is 0 Å². The van der Waals surface area contributed by atoms with Crippen LogP contribution in [0.1, 0.15) is 116 Å². The van der Waals surface area contributed by atoms with Gasteiger partial charge in [-0.1, -0.05) is 64.8 Å². The Labute approximate surface area is 342 Å². The highest BCUT2D eigenvalue weighted by atomic mass is 32.3. The van der Waals surface area contributed by atoms with E-state index in [1.807, 2.05) is 24.3 Å². The molecule has 4 aliphatic rings. The highest BCUT2D eigenvalue weighted by Crippen LogP contribution is 2.68. The van der Waals surface area contributed by atoms with E-state index < -0.39 is 26.9 Å². The highest BCUT2D eigenvalue weighted by molar-refractivity contribution is 7.81. The van der Waals surface area contributed by atoms with Crippen LogP contribution in [0.5, 0.6) is 11.5 Å². The fourth-order valence-electron chi connectivity index (χ4n) is 11.3. The zero-order chi connectivity index (χ0) is 42.0. The normalized spacial score (nSPS) is 30.1. The van der Waals surface area contributed by atoms with Crippen molar-refractivity contribution in [3.63, 3.8) is 0 Å². The average Bonchev–Trinajstić information content (AvgIpc) is 3.48. The Hall–Kier alpha value is -2.30. The van der Waals surface area contributed by atoms with Crippen LogP contribution in [0.2, 0.25) is 0 Å². The van der Waals surface area contributed by atoms with Gasteiger partial charge in [-0.2, -0.15) is 16.8 Å². The molecule has 4 saturated carbocycles. The summed E-state index contributed by atoms with van der Waals surface area (Å²) in [7, 11) is -8.89. The number of benzene rings is 2. The molecule has 0 unspecified atom stereocenters. The van der Waals surface area contributed by atoms with Crippen molar-refractivity contribution in [3.8, 4) is 11.5 Å². The summed E-state index contributed by atoms with van der Waals surface area (Å²) in [6, 6.07) is 14.2. The molecular formula is C43H70N2O10S2. The summed E-state index contributed by atoms with van der Waals surface area (Å²) in [4.78, 5) is 0. The second-order valence-electron chi connectivity index (χ2n) is 18.0. The molecule has 2 aromatic carbocycles. The maximum atomic E-state index is 11.4. The Morgan fingerprint density at radius 2 is 1.26 bits per heavy atom. The number of phenolic OH excluding ortho intramolecular Hbond substituents is 2. The Bertz CT molecular complexity index is 1690. The van der Waals surface area contributed by atoms with Gasteiger partial charge < -0.3 is 21.7 Å². The first kappa shape index (κ1) is 47.4. The summed E-state index contributed by atoms with van der Waals surface area (Å²) < 4.78 is 73.9. The molecule has 57 heavy (non-hydrogen) atoms. The van der Waals surface area contributed by atoms with Crippen LogP contribution in [0.15, 0.2) is 48.5 Å². The summed E-state index contributed by atoms with van der Waals surface area (Å²) in [5.41, 5.74) is 13.3. The minimum absolute atomic E-state index is 0.0624. The number of fused-ring (bicyclic) bond motifs is 5. The molecule has 0 heterocycles. The largest absolute Gasteiger partial charge is 0.508 e. The lowest BCUT2D eigenvalue weighted by molar-refractivity contribution is -0.128. The van der Waals surface area contributed by atoms with E-state index in [-0.39, 0.29) is 23.4 Å². The van der Waals surface area contributed by atoms with Gasteiger partial charge in [0.1, 0.15) is 11.5 Å². The van der Waals surface area contributed by atoms with Crippen molar-refractivity contribution < 1.29 is 44.5 Å². The zero-order valence-corrected chi connectivity index (χ0v) is 36.1. The summed E-state index contributed by atoms with van der Waals surface area (Å²) in [5, 5.41) is 17.8. The molecule has 0 spiro atoms. The second kappa shape index (κ2) is 20.8. The number of rotatable bonds is 14. The maximum Gasteiger partial charge on any atom is 0.397 e. The van der Waals surface area contributed by atoms with E-state index in [4.69, 9.17) is 30.0 Å². The average molecular weight is 839 g/mol. The van der Waals surface area contributed by atoms with Crippen molar-refractivity contribution in [2.45, 2.75) is 124 Å².